The number of hydrogen-bond acceptors (Lipinski definition) is 5. The first-order chi connectivity index (χ1) is 7.79. The van der Waals surface area contributed by atoms with Gasteiger partial charge < -0.3 is 14.5 Å². The number of esters is 1. The van der Waals surface area contributed by atoms with Gasteiger partial charge in [0.15, 0.2) is 12.0 Å². The Labute approximate surface area is 92.4 Å². The summed E-state index contributed by atoms with van der Waals surface area (Å²) in [5.41, 5.74) is 2.44. The topological polar surface area (TPSA) is 64.4 Å². The maximum Gasteiger partial charge on any atom is 0.307 e. The van der Waals surface area contributed by atoms with Gasteiger partial charge in [-0.15, -0.1) is 0 Å². The summed E-state index contributed by atoms with van der Waals surface area (Å²) in [5.74, 6) is -0.228. The summed E-state index contributed by atoms with van der Waals surface area (Å²) in [7, 11) is 1.38. The van der Waals surface area contributed by atoms with E-state index in [1.165, 1.54) is 13.5 Å². The van der Waals surface area contributed by atoms with Gasteiger partial charge in [0.2, 0.25) is 0 Å². The number of rotatable bonds is 4. The van der Waals surface area contributed by atoms with E-state index in [0.717, 1.165) is 16.8 Å². The van der Waals surface area contributed by atoms with Crippen LogP contribution in [0.2, 0.25) is 0 Å². The zero-order chi connectivity index (χ0) is 11.4. The standard InChI is InChI=1S/C11H12N2O3/c1-15-11(14)4-5-12-8-2-3-9-10(6-8)16-7-13-9/h2-3,6-7,12H,4-5H2,1H3. The normalized spacial score (nSPS) is 10.3. The zero-order valence-electron chi connectivity index (χ0n) is 8.90. The number of aromatic nitrogens is 1. The maximum atomic E-state index is 10.9. The van der Waals surface area contributed by atoms with Crippen molar-refractivity contribution in [2.75, 3.05) is 19.0 Å². The van der Waals surface area contributed by atoms with E-state index in [2.05, 4.69) is 15.0 Å². The highest BCUT2D eigenvalue weighted by Crippen LogP contribution is 2.17. The predicted octanol–water partition coefficient (Wildman–Crippen LogP) is 1.80. The van der Waals surface area contributed by atoms with Crippen molar-refractivity contribution in [2.45, 2.75) is 6.42 Å². The first-order valence-electron chi connectivity index (χ1n) is 4.93. The molecule has 0 radical (unpaired) electrons. The molecular weight excluding hydrogens is 208 g/mol. The molecule has 1 heterocycles. The molecule has 0 aliphatic heterocycles. The number of nitrogens with zero attached hydrogens (tertiary/aromatic N) is 1. The Balaban J connectivity index is 1.96. The maximum absolute atomic E-state index is 10.9. The fourth-order valence-electron chi connectivity index (χ4n) is 1.38. The number of nitrogens with one attached hydrogen (secondary N) is 1. The van der Waals surface area contributed by atoms with E-state index < -0.39 is 0 Å². The Bertz CT molecular complexity index is 493. The van der Waals surface area contributed by atoms with Crippen molar-refractivity contribution in [3.05, 3.63) is 24.6 Å². The Morgan fingerprint density at radius 1 is 1.56 bits per heavy atom. The van der Waals surface area contributed by atoms with E-state index in [1.807, 2.05) is 18.2 Å². The van der Waals surface area contributed by atoms with E-state index >= 15 is 0 Å². The van der Waals surface area contributed by atoms with Crippen LogP contribution in [-0.2, 0) is 9.53 Å². The second-order valence-electron chi connectivity index (χ2n) is 3.29. The van der Waals surface area contributed by atoms with Crippen molar-refractivity contribution in [1.29, 1.82) is 0 Å². The SMILES string of the molecule is COC(=O)CCNc1ccc2ncoc2c1. The van der Waals surface area contributed by atoms with Crippen LogP contribution in [0.5, 0.6) is 0 Å². The quantitative estimate of drug-likeness (QED) is 0.796. The third-order valence-electron chi connectivity index (χ3n) is 2.22. The van der Waals surface area contributed by atoms with Crippen LogP contribution >= 0.6 is 0 Å². The van der Waals surface area contributed by atoms with Crippen molar-refractivity contribution in [3.63, 3.8) is 0 Å². The molecule has 0 atom stereocenters. The summed E-state index contributed by atoms with van der Waals surface area (Å²) in [6.07, 6.45) is 1.74. The minimum atomic E-state index is -0.228. The highest BCUT2D eigenvalue weighted by atomic mass is 16.5. The summed E-state index contributed by atoms with van der Waals surface area (Å²) in [6, 6.07) is 5.60. The molecule has 16 heavy (non-hydrogen) atoms. The number of anilines is 1. The fraction of sp³-hybridized carbons (Fsp3) is 0.273. The Kier molecular flexibility index (Phi) is 3.05. The summed E-state index contributed by atoms with van der Waals surface area (Å²) in [4.78, 5) is 14.9. The number of oxazole rings is 1. The van der Waals surface area contributed by atoms with Crippen LogP contribution in [0.3, 0.4) is 0 Å². The molecule has 0 fully saturated rings. The van der Waals surface area contributed by atoms with E-state index in [1.54, 1.807) is 0 Å². The predicted molar refractivity (Wildman–Crippen MR) is 59.1 cm³/mol. The smallest absolute Gasteiger partial charge is 0.307 e. The van der Waals surface area contributed by atoms with Crippen molar-refractivity contribution in [2.24, 2.45) is 0 Å². The molecule has 0 aliphatic rings. The van der Waals surface area contributed by atoms with Crippen molar-refractivity contribution in [3.8, 4) is 0 Å². The molecule has 1 N–H and O–H groups in total. The number of benzene rings is 1. The van der Waals surface area contributed by atoms with Crippen LogP contribution < -0.4 is 5.32 Å². The molecule has 5 nitrogen and oxygen atoms in total. The number of carbonyl (C=O) groups excluding carboxylic acids is 1. The highest BCUT2D eigenvalue weighted by Gasteiger charge is 2.02. The van der Waals surface area contributed by atoms with Crippen molar-refractivity contribution >= 4 is 22.8 Å². The van der Waals surface area contributed by atoms with Gasteiger partial charge in [0.25, 0.3) is 0 Å². The lowest BCUT2D eigenvalue weighted by Gasteiger charge is -2.04. The van der Waals surface area contributed by atoms with E-state index in [4.69, 9.17) is 4.42 Å². The first-order valence-corrected chi connectivity index (χ1v) is 4.93. The van der Waals surface area contributed by atoms with Crippen LogP contribution in [-0.4, -0.2) is 24.6 Å². The van der Waals surface area contributed by atoms with Gasteiger partial charge in [0.05, 0.1) is 13.5 Å². The third kappa shape index (κ3) is 2.31. The summed E-state index contributed by atoms with van der Waals surface area (Å²) < 4.78 is 9.70. The van der Waals surface area contributed by atoms with Gasteiger partial charge in [-0.05, 0) is 12.1 Å². The van der Waals surface area contributed by atoms with E-state index in [0.29, 0.717) is 13.0 Å². The summed E-state index contributed by atoms with van der Waals surface area (Å²) >= 11 is 0. The van der Waals surface area contributed by atoms with Gasteiger partial charge in [-0.2, -0.15) is 0 Å². The lowest BCUT2D eigenvalue weighted by molar-refractivity contribution is -0.140. The zero-order valence-corrected chi connectivity index (χ0v) is 8.90. The fourth-order valence-corrected chi connectivity index (χ4v) is 1.38. The molecule has 0 saturated carbocycles. The van der Waals surface area contributed by atoms with Crippen LogP contribution in [0.15, 0.2) is 29.0 Å². The van der Waals surface area contributed by atoms with Crippen molar-refractivity contribution < 1.29 is 13.9 Å². The van der Waals surface area contributed by atoms with Crippen LogP contribution in [0.4, 0.5) is 5.69 Å². The number of hydrogen-bond donors (Lipinski definition) is 1. The van der Waals surface area contributed by atoms with E-state index in [9.17, 15) is 4.79 Å². The Hall–Kier alpha value is -2.04. The molecule has 2 rings (SSSR count). The average Bonchev–Trinajstić information content (AvgIpc) is 2.76. The molecule has 2 aromatic rings. The van der Waals surface area contributed by atoms with Gasteiger partial charge in [0.1, 0.15) is 5.52 Å². The average molecular weight is 220 g/mol. The van der Waals surface area contributed by atoms with Gasteiger partial charge in [0, 0.05) is 18.3 Å². The molecule has 1 aromatic heterocycles. The minimum absolute atomic E-state index is 0.228. The number of fused-ring (bicyclic) bond motifs is 1. The summed E-state index contributed by atoms with van der Waals surface area (Å²) in [6.45, 7) is 0.534. The van der Waals surface area contributed by atoms with Gasteiger partial charge in [-0.3, -0.25) is 4.79 Å². The lowest BCUT2D eigenvalue weighted by Crippen LogP contribution is -2.09. The van der Waals surface area contributed by atoms with Gasteiger partial charge in [-0.25, -0.2) is 4.98 Å². The largest absolute Gasteiger partial charge is 0.469 e. The molecule has 0 aliphatic carbocycles. The molecule has 5 heteroatoms. The molecule has 1 aromatic carbocycles. The number of ether oxygens (including phenoxy) is 1. The van der Waals surface area contributed by atoms with Crippen molar-refractivity contribution in [1.82, 2.24) is 4.98 Å². The van der Waals surface area contributed by atoms with Crippen LogP contribution in [0.1, 0.15) is 6.42 Å². The second kappa shape index (κ2) is 4.65. The molecule has 0 amide bonds. The van der Waals surface area contributed by atoms with E-state index in [-0.39, 0.29) is 5.97 Å². The highest BCUT2D eigenvalue weighted by molar-refractivity contribution is 5.77. The lowest BCUT2D eigenvalue weighted by atomic mass is 10.3. The third-order valence-corrected chi connectivity index (χ3v) is 2.22. The molecule has 0 bridgehead atoms. The molecule has 0 saturated heterocycles. The Morgan fingerprint density at radius 3 is 3.25 bits per heavy atom. The van der Waals surface area contributed by atoms with Gasteiger partial charge in [-0.1, -0.05) is 0 Å². The molecular formula is C11H12N2O3. The molecule has 0 unspecified atom stereocenters. The van der Waals surface area contributed by atoms with Crippen LogP contribution in [0, 0.1) is 0 Å². The number of methoxy groups -OCH3 is 1. The van der Waals surface area contributed by atoms with Crippen LogP contribution in [0.25, 0.3) is 11.1 Å². The Morgan fingerprint density at radius 2 is 2.44 bits per heavy atom. The number of carbonyl (C=O) groups is 1. The molecule has 84 valence electrons. The van der Waals surface area contributed by atoms with Gasteiger partial charge >= 0.3 is 5.97 Å². The molecule has 0 spiro atoms. The summed E-state index contributed by atoms with van der Waals surface area (Å²) in [5, 5.41) is 3.10. The minimum Gasteiger partial charge on any atom is -0.469 e. The second-order valence-corrected chi connectivity index (χ2v) is 3.29. The first kappa shape index (κ1) is 10.5. The monoisotopic (exact) mass is 220 g/mol.